The van der Waals surface area contributed by atoms with E-state index in [-0.39, 0.29) is 11.9 Å². The van der Waals surface area contributed by atoms with Crippen LogP contribution in [0.5, 0.6) is 17.2 Å². The van der Waals surface area contributed by atoms with Crippen molar-refractivity contribution in [3.63, 3.8) is 0 Å². The van der Waals surface area contributed by atoms with Gasteiger partial charge in [0, 0.05) is 5.69 Å². The summed E-state index contributed by atoms with van der Waals surface area (Å²) in [4.78, 5) is 23.6. The molecular formula is C19H23N3O5. The number of hydrogen-bond donors (Lipinski definition) is 3. The number of ether oxygens (including phenoxy) is 3. The lowest BCUT2D eigenvalue weighted by molar-refractivity contribution is 0.0936. The predicted octanol–water partition coefficient (Wildman–Crippen LogP) is 2.69. The molecule has 0 fully saturated rings. The maximum absolute atomic E-state index is 12.7. The van der Waals surface area contributed by atoms with E-state index in [0.717, 1.165) is 5.56 Å². The van der Waals surface area contributed by atoms with Crippen LogP contribution in [0.4, 0.5) is 10.5 Å². The summed E-state index contributed by atoms with van der Waals surface area (Å²) in [5, 5.41) is 5.39. The summed E-state index contributed by atoms with van der Waals surface area (Å²) in [7, 11) is 4.45. The summed E-state index contributed by atoms with van der Waals surface area (Å²) in [6.45, 7) is 1.85. The number of carbonyl (C=O) groups excluding carboxylic acids is 2. The molecule has 0 aliphatic carbocycles. The molecule has 8 heteroatoms. The number of anilines is 1. The van der Waals surface area contributed by atoms with Crippen molar-refractivity contribution < 1.29 is 23.8 Å². The first-order valence-corrected chi connectivity index (χ1v) is 8.17. The van der Waals surface area contributed by atoms with Gasteiger partial charge < -0.3 is 30.6 Å². The zero-order valence-electron chi connectivity index (χ0n) is 15.7. The number of urea groups is 1. The van der Waals surface area contributed by atoms with Crippen LogP contribution in [0.1, 0.15) is 28.9 Å². The van der Waals surface area contributed by atoms with Crippen molar-refractivity contribution in [1.29, 1.82) is 0 Å². The van der Waals surface area contributed by atoms with Crippen molar-refractivity contribution in [3.05, 3.63) is 47.5 Å². The highest BCUT2D eigenvalue weighted by Gasteiger charge is 2.22. The third-order valence-corrected chi connectivity index (χ3v) is 3.97. The van der Waals surface area contributed by atoms with Crippen LogP contribution < -0.4 is 30.6 Å². The number of methoxy groups -OCH3 is 3. The van der Waals surface area contributed by atoms with Gasteiger partial charge in [0.2, 0.25) is 5.75 Å². The van der Waals surface area contributed by atoms with E-state index in [0.29, 0.717) is 28.5 Å². The molecule has 0 aliphatic rings. The van der Waals surface area contributed by atoms with Crippen LogP contribution in [-0.4, -0.2) is 33.3 Å². The van der Waals surface area contributed by atoms with Gasteiger partial charge in [-0.1, -0.05) is 12.1 Å². The fourth-order valence-corrected chi connectivity index (χ4v) is 2.64. The zero-order valence-corrected chi connectivity index (χ0v) is 15.7. The number of amides is 3. The quantitative estimate of drug-likeness (QED) is 0.691. The number of nitrogens with two attached hydrogens (primary N) is 1. The van der Waals surface area contributed by atoms with Crippen LogP contribution in [-0.2, 0) is 0 Å². The molecule has 144 valence electrons. The first-order chi connectivity index (χ1) is 12.9. The summed E-state index contributed by atoms with van der Waals surface area (Å²) in [6, 6.07) is 9.35. The van der Waals surface area contributed by atoms with Crippen molar-refractivity contribution in [2.75, 3.05) is 26.6 Å². The smallest absolute Gasteiger partial charge is 0.316 e. The van der Waals surface area contributed by atoms with Gasteiger partial charge in [-0.15, -0.1) is 0 Å². The summed E-state index contributed by atoms with van der Waals surface area (Å²) in [5.74, 6) is 0.792. The van der Waals surface area contributed by atoms with Gasteiger partial charge in [-0.05, 0) is 36.8 Å². The van der Waals surface area contributed by atoms with Gasteiger partial charge in [-0.3, -0.25) is 4.79 Å². The third-order valence-electron chi connectivity index (χ3n) is 3.97. The number of nitrogens with one attached hydrogen (secondary N) is 2. The number of carbonyl (C=O) groups is 2. The van der Waals surface area contributed by atoms with E-state index >= 15 is 0 Å². The monoisotopic (exact) mass is 373 g/mol. The fourth-order valence-electron chi connectivity index (χ4n) is 2.64. The molecule has 0 bridgehead atoms. The van der Waals surface area contributed by atoms with E-state index < -0.39 is 6.03 Å². The lowest BCUT2D eigenvalue weighted by atomic mass is 10.1. The van der Waals surface area contributed by atoms with Crippen LogP contribution >= 0.6 is 0 Å². The molecule has 27 heavy (non-hydrogen) atoms. The molecule has 2 aromatic rings. The van der Waals surface area contributed by atoms with Crippen LogP contribution in [0.3, 0.4) is 0 Å². The molecule has 4 N–H and O–H groups in total. The number of primary amides is 1. The molecule has 0 unspecified atom stereocenters. The van der Waals surface area contributed by atoms with Crippen molar-refractivity contribution in [3.8, 4) is 17.2 Å². The maximum Gasteiger partial charge on any atom is 0.316 e. The van der Waals surface area contributed by atoms with Crippen molar-refractivity contribution in [2.24, 2.45) is 5.73 Å². The van der Waals surface area contributed by atoms with Crippen LogP contribution in [0.2, 0.25) is 0 Å². The van der Waals surface area contributed by atoms with Crippen LogP contribution in [0.25, 0.3) is 0 Å². The SMILES string of the molecule is COc1ccc(C(=O)N[C@@H](C)c2ccc(NC(N)=O)cc2)c(OC)c1OC. The molecule has 2 aromatic carbocycles. The van der Waals surface area contributed by atoms with Gasteiger partial charge in [-0.2, -0.15) is 0 Å². The van der Waals surface area contributed by atoms with Gasteiger partial charge in [0.1, 0.15) is 0 Å². The normalized spacial score (nSPS) is 11.3. The molecule has 0 spiro atoms. The van der Waals surface area contributed by atoms with E-state index in [1.165, 1.54) is 21.3 Å². The molecule has 0 heterocycles. The Morgan fingerprint density at radius 1 is 0.926 bits per heavy atom. The highest BCUT2D eigenvalue weighted by molar-refractivity contribution is 5.98. The molecule has 0 aliphatic heterocycles. The molecular weight excluding hydrogens is 350 g/mol. The molecule has 2 rings (SSSR count). The van der Waals surface area contributed by atoms with Gasteiger partial charge in [0.25, 0.3) is 5.91 Å². The highest BCUT2D eigenvalue weighted by atomic mass is 16.5. The fraction of sp³-hybridized carbons (Fsp3) is 0.263. The van der Waals surface area contributed by atoms with E-state index in [1.807, 2.05) is 6.92 Å². The molecule has 1 atom stereocenters. The molecule has 0 radical (unpaired) electrons. The molecule has 3 amide bonds. The minimum absolute atomic E-state index is 0.280. The van der Waals surface area contributed by atoms with E-state index in [1.54, 1.807) is 36.4 Å². The Morgan fingerprint density at radius 2 is 1.56 bits per heavy atom. The minimum atomic E-state index is -0.635. The third kappa shape index (κ3) is 4.60. The second-order valence-corrected chi connectivity index (χ2v) is 5.69. The van der Waals surface area contributed by atoms with Gasteiger partial charge >= 0.3 is 6.03 Å². The van der Waals surface area contributed by atoms with E-state index in [4.69, 9.17) is 19.9 Å². The Kier molecular flexibility index (Phi) is 6.48. The van der Waals surface area contributed by atoms with Crippen molar-refractivity contribution in [2.45, 2.75) is 13.0 Å². The largest absolute Gasteiger partial charge is 0.493 e. The molecule has 0 saturated heterocycles. The molecule has 0 aromatic heterocycles. The average molecular weight is 373 g/mol. The number of hydrogen-bond acceptors (Lipinski definition) is 5. The summed E-state index contributed by atoms with van der Waals surface area (Å²) in [6.07, 6.45) is 0. The minimum Gasteiger partial charge on any atom is -0.493 e. The topological polar surface area (TPSA) is 112 Å². The Balaban J connectivity index is 2.20. The Morgan fingerprint density at radius 3 is 2.07 bits per heavy atom. The van der Waals surface area contributed by atoms with Crippen molar-refractivity contribution >= 4 is 17.6 Å². The highest BCUT2D eigenvalue weighted by Crippen LogP contribution is 2.39. The Bertz CT molecular complexity index is 821. The van der Waals surface area contributed by atoms with Gasteiger partial charge in [0.05, 0.1) is 32.9 Å². The second kappa shape index (κ2) is 8.79. The van der Waals surface area contributed by atoms with Gasteiger partial charge in [0.15, 0.2) is 11.5 Å². The standard InChI is InChI=1S/C19H23N3O5/c1-11(12-5-7-13(8-6-12)22-19(20)24)21-18(23)14-9-10-15(25-2)17(27-4)16(14)26-3/h5-11H,1-4H3,(H,21,23)(H3,20,22,24)/t11-/m0/s1. The summed E-state index contributed by atoms with van der Waals surface area (Å²) < 4.78 is 15.9. The first-order valence-electron chi connectivity index (χ1n) is 8.17. The lowest BCUT2D eigenvalue weighted by Gasteiger charge is -2.18. The summed E-state index contributed by atoms with van der Waals surface area (Å²) >= 11 is 0. The number of benzene rings is 2. The number of rotatable bonds is 7. The Hall–Kier alpha value is -3.42. The maximum atomic E-state index is 12.7. The van der Waals surface area contributed by atoms with Crippen LogP contribution in [0.15, 0.2) is 36.4 Å². The van der Waals surface area contributed by atoms with Crippen molar-refractivity contribution in [1.82, 2.24) is 5.32 Å². The van der Waals surface area contributed by atoms with E-state index in [2.05, 4.69) is 10.6 Å². The first kappa shape index (κ1) is 19.9. The Labute approximate surface area is 157 Å². The lowest BCUT2D eigenvalue weighted by Crippen LogP contribution is -2.27. The van der Waals surface area contributed by atoms with Gasteiger partial charge in [-0.25, -0.2) is 4.79 Å². The molecule has 8 nitrogen and oxygen atoms in total. The second-order valence-electron chi connectivity index (χ2n) is 5.69. The molecule has 0 saturated carbocycles. The van der Waals surface area contributed by atoms with E-state index in [9.17, 15) is 9.59 Å². The zero-order chi connectivity index (χ0) is 20.0. The average Bonchev–Trinajstić information content (AvgIpc) is 2.66. The summed E-state index contributed by atoms with van der Waals surface area (Å²) in [5.41, 5.74) is 6.85. The van der Waals surface area contributed by atoms with Crippen LogP contribution in [0, 0.1) is 0 Å². The predicted molar refractivity (Wildman–Crippen MR) is 102 cm³/mol.